The molecule has 0 bridgehead atoms. The summed E-state index contributed by atoms with van der Waals surface area (Å²) in [5, 5.41) is 25.2. The molecular weight excluding hydrogens is 921 g/mol. The highest BCUT2D eigenvalue weighted by Crippen LogP contribution is 2.24. The van der Waals surface area contributed by atoms with Crippen molar-refractivity contribution in [1.82, 2.24) is 0 Å². The van der Waals surface area contributed by atoms with Gasteiger partial charge in [-0.2, -0.15) is 0 Å². The van der Waals surface area contributed by atoms with E-state index in [9.17, 15) is 0 Å². The maximum atomic E-state index is 8.48. The zero-order valence-corrected chi connectivity index (χ0v) is 46.3. The van der Waals surface area contributed by atoms with Gasteiger partial charge in [-0.05, 0) is 173 Å². The lowest BCUT2D eigenvalue weighted by molar-refractivity contribution is -0.201. The fourth-order valence-corrected chi connectivity index (χ4v) is 5.30. The molecule has 72 heavy (non-hydrogen) atoms. The number of hydrogen-bond donors (Lipinski definition) is 3. The normalized spacial score (nSPS) is 15.5. The van der Waals surface area contributed by atoms with Gasteiger partial charge in [-0.1, -0.05) is 41.5 Å². The Labute approximate surface area is 434 Å². The molecule has 5 aromatic rings. The molecule has 14 heteroatoms. The number of hydrogen-bond acceptors (Lipinski definition) is 14. The zero-order valence-electron chi connectivity index (χ0n) is 46.3. The first-order chi connectivity index (χ1) is 34.8. The molecule has 7 unspecified atom stereocenters. The third kappa shape index (κ3) is 38.6. The second-order valence-corrected chi connectivity index (χ2v) is 17.6. The van der Waals surface area contributed by atoms with Crippen LogP contribution in [0.15, 0.2) is 114 Å². The Morgan fingerprint density at radius 2 is 0.986 bits per heavy atom. The van der Waals surface area contributed by atoms with E-state index >= 15 is 0 Å². The van der Waals surface area contributed by atoms with Crippen molar-refractivity contribution >= 4 is 0 Å². The standard InChI is InChI=1S/C13H22O3.C9H8O2.C9H18O2.C9H14O2.C9H20O2.C5H6O2.C4H10O/c1-5-10(3)15-13(16-11(4)6-2)12-8-7-9-14-12;1-3-8(10-5-1)7-9-4-2-6-11-9;2*1-3-8(2)11-7-9-5-4-6-10-9;1-3-9(2)11-8-6-4-5-7-10;6-4-5-2-1-3-7-5;1-3-4(2)5/h7-11,13H,5-6H2,1-4H3;1-6H,7H2;8-9H,3-7H2,1-2H3;4-6,8H,3,7H2,1-2H3;9-10H,3-8H2,1-2H3;1-3,6H,4H2;4-5H,3H2,1-2H3. The molecule has 1 saturated heterocycles. The topological polar surface area (TPSA) is 182 Å². The molecule has 3 N–H and O–H groups in total. The van der Waals surface area contributed by atoms with Crippen LogP contribution in [0.2, 0.25) is 0 Å². The summed E-state index contributed by atoms with van der Waals surface area (Å²) < 4.78 is 58.9. The van der Waals surface area contributed by atoms with Gasteiger partial charge in [0, 0.05) is 19.8 Å². The van der Waals surface area contributed by atoms with E-state index in [0.717, 1.165) is 107 Å². The van der Waals surface area contributed by atoms with Crippen LogP contribution in [0, 0.1) is 0 Å². The van der Waals surface area contributed by atoms with E-state index in [1.54, 1.807) is 44.1 Å². The van der Waals surface area contributed by atoms with E-state index < -0.39 is 0 Å². The smallest absolute Gasteiger partial charge is 0.217 e. The average molecular weight is 1020 g/mol. The van der Waals surface area contributed by atoms with Crippen LogP contribution >= 0.6 is 0 Å². The molecule has 1 aliphatic heterocycles. The summed E-state index contributed by atoms with van der Waals surface area (Å²) in [4.78, 5) is 0. The number of aliphatic hydroxyl groups is 3. The fraction of sp³-hybridized carbons (Fsp3) is 0.655. The first-order valence-electron chi connectivity index (χ1n) is 26.6. The summed E-state index contributed by atoms with van der Waals surface area (Å²) in [7, 11) is 0. The molecule has 0 amide bonds. The van der Waals surface area contributed by atoms with Crippen molar-refractivity contribution in [3.63, 3.8) is 0 Å². The maximum absolute atomic E-state index is 8.48. The van der Waals surface area contributed by atoms with Crippen LogP contribution in [0.25, 0.3) is 0 Å². The zero-order chi connectivity index (χ0) is 53.6. The Kier molecular flexibility index (Phi) is 44.2. The quantitative estimate of drug-likeness (QED) is 0.0351. The largest absolute Gasteiger partial charge is 0.469 e. The van der Waals surface area contributed by atoms with Gasteiger partial charge in [-0.3, -0.25) is 0 Å². The maximum Gasteiger partial charge on any atom is 0.217 e. The molecule has 7 atom stereocenters. The van der Waals surface area contributed by atoms with Crippen LogP contribution in [0.1, 0.15) is 189 Å². The van der Waals surface area contributed by atoms with Gasteiger partial charge < -0.3 is 65.8 Å². The summed E-state index contributed by atoms with van der Waals surface area (Å²) in [6.07, 6.45) is 21.6. The van der Waals surface area contributed by atoms with Gasteiger partial charge >= 0.3 is 0 Å². The Hall–Kier alpha value is -3.96. The summed E-state index contributed by atoms with van der Waals surface area (Å²) in [5.74, 6) is 4.10. The molecule has 14 nitrogen and oxygen atoms in total. The van der Waals surface area contributed by atoms with Crippen molar-refractivity contribution in [3.05, 3.63) is 121 Å². The number of unbranched alkanes of at least 4 members (excludes halogenated alkanes) is 2. The van der Waals surface area contributed by atoms with Gasteiger partial charge in [0.2, 0.25) is 6.29 Å². The molecule has 1 fully saturated rings. The van der Waals surface area contributed by atoms with E-state index in [1.807, 2.05) is 69.3 Å². The van der Waals surface area contributed by atoms with Gasteiger partial charge in [-0.15, -0.1) is 0 Å². The Bertz CT molecular complexity index is 1670. The van der Waals surface area contributed by atoms with E-state index in [4.69, 9.17) is 65.8 Å². The summed E-state index contributed by atoms with van der Waals surface area (Å²) in [5.41, 5.74) is 0. The van der Waals surface area contributed by atoms with Crippen molar-refractivity contribution in [1.29, 1.82) is 0 Å². The third-order valence-corrected chi connectivity index (χ3v) is 11.1. The molecule has 0 aromatic carbocycles. The summed E-state index contributed by atoms with van der Waals surface area (Å²) in [6.45, 7) is 28.0. The lowest BCUT2D eigenvalue weighted by Gasteiger charge is -2.23. The SMILES string of the molecule is CCC(C)O.CCC(C)OC(OC(C)CC)c1ccco1.CCC(C)OCC1CCCO1.CCC(C)OCCCCCO.CCC(C)OCc1ccco1.OCc1ccco1.c1coc(Cc2ccco2)c1. The van der Waals surface area contributed by atoms with E-state index in [2.05, 4.69) is 55.4 Å². The Morgan fingerprint density at radius 1 is 0.528 bits per heavy atom. The number of aliphatic hydroxyl groups excluding tert-OH is 3. The highest BCUT2D eigenvalue weighted by molar-refractivity contribution is 5.09. The molecule has 0 radical (unpaired) electrons. The predicted molar refractivity (Wildman–Crippen MR) is 285 cm³/mol. The lowest BCUT2D eigenvalue weighted by atomic mass is 10.2. The van der Waals surface area contributed by atoms with Crippen LogP contribution in [-0.2, 0) is 48.1 Å². The van der Waals surface area contributed by atoms with Gasteiger partial charge in [0.1, 0.15) is 36.3 Å². The highest BCUT2D eigenvalue weighted by Gasteiger charge is 2.20. The number of ether oxygens (including phenoxy) is 6. The van der Waals surface area contributed by atoms with E-state index in [0.29, 0.717) is 43.4 Å². The molecule has 5 aromatic heterocycles. The fourth-order valence-electron chi connectivity index (χ4n) is 5.30. The Balaban J connectivity index is 0.000000834. The Morgan fingerprint density at radius 3 is 1.38 bits per heavy atom. The van der Waals surface area contributed by atoms with E-state index in [-0.39, 0.29) is 31.2 Å². The molecule has 0 spiro atoms. The first-order valence-corrected chi connectivity index (χ1v) is 26.6. The van der Waals surface area contributed by atoms with Crippen molar-refractivity contribution < 1.29 is 65.8 Å². The van der Waals surface area contributed by atoms with Crippen LogP contribution in [0.3, 0.4) is 0 Å². The van der Waals surface area contributed by atoms with Crippen molar-refractivity contribution in [2.24, 2.45) is 0 Å². The molecule has 0 aliphatic carbocycles. The van der Waals surface area contributed by atoms with Crippen molar-refractivity contribution in [2.45, 2.75) is 222 Å². The van der Waals surface area contributed by atoms with Gasteiger partial charge in [0.25, 0.3) is 0 Å². The third-order valence-electron chi connectivity index (χ3n) is 11.1. The van der Waals surface area contributed by atoms with Crippen molar-refractivity contribution in [2.75, 3.05) is 26.4 Å². The molecule has 414 valence electrons. The van der Waals surface area contributed by atoms with Crippen LogP contribution in [0.5, 0.6) is 0 Å². The first kappa shape index (κ1) is 68.0. The molecule has 6 rings (SSSR count). The predicted octanol–water partition coefficient (Wildman–Crippen LogP) is 14.5. The van der Waals surface area contributed by atoms with Gasteiger partial charge in [0.15, 0.2) is 5.76 Å². The average Bonchev–Trinajstić information content (AvgIpc) is 4.27. The monoisotopic (exact) mass is 1020 g/mol. The van der Waals surface area contributed by atoms with Crippen LogP contribution in [0.4, 0.5) is 0 Å². The lowest BCUT2D eigenvalue weighted by Crippen LogP contribution is -2.19. The van der Waals surface area contributed by atoms with Crippen molar-refractivity contribution in [3.8, 4) is 0 Å². The number of furan rings is 5. The van der Waals surface area contributed by atoms with Crippen LogP contribution < -0.4 is 0 Å². The molecular formula is C58H98O14. The molecule has 1 aliphatic rings. The van der Waals surface area contributed by atoms with Gasteiger partial charge in [-0.25, -0.2) is 0 Å². The molecule has 6 heterocycles. The number of rotatable bonds is 26. The second kappa shape index (κ2) is 46.8. The minimum absolute atomic E-state index is 0.00694. The highest BCUT2D eigenvalue weighted by atomic mass is 16.7. The van der Waals surface area contributed by atoms with E-state index in [1.165, 1.54) is 19.1 Å². The summed E-state index contributed by atoms with van der Waals surface area (Å²) in [6, 6.07) is 18.6. The molecule has 0 saturated carbocycles. The second-order valence-electron chi connectivity index (χ2n) is 17.6. The van der Waals surface area contributed by atoms with Crippen LogP contribution in [-0.4, -0.2) is 84.5 Å². The van der Waals surface area contributed by atoms with Gasteiger partial charge in [0.05, 0.1) is 87.1 Å². The summed E-state index contributed by atoms with van der Waals surface area (Å²) >= 11 is 0. The minimum Gasteiger partial charge on any atom is -0.469 e. The minimum atomic E-state index is -0.389.